The predicted molar refractivity (Wildman–Crippen MR) is 54.8 cm³/mol. The zero-order valence-electron chi connectivity index (χ0n) is 7.27. The van der Waals surface area contributed by atoms with Gasteiger partial charge in [0.15, 0.2) is 5.71 Å². The molecule has 5 heteroatoms. The maximum atomic E-state index is 10.8. The first-order valence-corrected chi connectivity index (χ1v) is 4.04. The molecule has 0 saturated carbocycles. The first-order valence-electron chi connectivity index (χ1n) is 4.04. The number of hydrogen-bond donors (Lipinski definition) is 2. The standard InChI is InChI=1S/C9H8N4O/c10-9(14)8-5-11-6-3-1-2-4-7(6)12-13-8/h1-5,12H,(H2,10,14). The summed E-state index contributed by atoms with van der Waals surface area (Å²) in [6.07, 6.45) is 1.35. The van der Waals surface area contributed by atoms with Crippen LogP contribution in [0.25, 0.3) is 0 Å². The number of benzene rings is 1. The van der Waals surface area contributed by atoms with E-state index in [4.69, 9.17) is 5.73 Å². The topological polar surface area (TPSA) is 79.8 Å². The lowest BCUT2D eigenvalue weighted by Crippen LogP contribution is -2.24. The summed E-state index contributed by atoms with van der Waals surface area (Å²) in [5.41, 5.74) is 9.38. The predicted octanol–water partition coefficient (Wildman–Crippen LogP) is 0.656. The van der Waals surface area contributed by atoms with Gasteiger partial charge in [-0.2, -0.15) is 5.10 Å². The Hall–Kier alpha value is -2.17. The van der Waals surface area contributed by atoms with Gasteiger partial charge in [-0.3, -0.25) is 15.2 Å². The molecule has 1 aromatic rings. The van der Waals surface area contributed by atoms with Crippen LogP contribution in [0.1, 0.15) is 0 Å². The van der Waals surface area contributed by atoms with Crippen LogP contribution in [0.5, 0.6) is 0 Å². The van der Waals surface area contributed by atoms with Crippen molar-refractivity contribution in [3.63, 3.8) is 0 Å². The van der Waals surface area contributed by atoms with Gasteiger partial charge < -0.3 is 5.73 Å². The molecular formula is C9H8N4O. The van der Waals surface area contributed by atoms with Crippen molar-refractivity contribution in [2.24, 2.45) is 15.8 Å². The second-order valence-electron chi connectivity index (χ2n) is 2.75. The molecule has 2 rings (SSSR count). The van der Waals surface area contributed by atoms with Crippen LogP contribution in [0.3, 0.4) is 0 Å². The third-order valence-electron chi connectivity index (χ3n) is 1.78. The first kappa shape index (κ1) is 8.43. The number of nitrogens with two attached hydrogens (primary N) is 1. The normalized spacial score (nSPS) is 13.6. The van der Waals surface area contributed by atoms with Crippen LogP contribution in [0, 0.1) is 0 Å². The number of hydrogen-bond acceptors (Lipinski definition) is 4. The van der Waals surface area contributed by atoms with Crippen molar-refractivity contribution in [2.45, 2.75) is 0 Å². The average Bonchev–Trinajstić information content (AvgIpc) is 2.39. The molecule has 1 aliphatic heterocycles. The fourth-order valence-electron chi connectivity index (χ4n) is 1.08. The fraction of sp³-hybridized carbons (Fsp3) is 0. The van der Waals surface area contributed by atoms with Gasteiger partial charge in [0.1, 0.15) is 0 Å². The van der Waals surface area contributed by atoms with E-state index in [1.807, 2.05) is 24.3 Å². The minimum atomic E-state index is -0.603. The van der Waals surface area contributed by atoms with E-state index in [0.717, 1.165) is 11.4 Å². The molecule has 0 aromatic heterocycles. The Labute approximate surface area is 80.3 Å². The van der Waals surface area contributed by atoms with E-state index in [1.54, 1.807) is 0 Å². The molecule has 0 aliphatic carbocycles. The van der Waals surface area contributed by atoms with Crippen LogP contribution in [-0.2, 0) is 4.79 Å². The molecule has 0 bridgehead atoms. The molecule has 0 radical (unpaired) electrons. The number of rotatable bonds is 1. The minimum Gasteiger partial charge on any atom is -0.364 e. The molecule has 0 unspecified atom stereocenters. The summed E-state index contributed by atoms with van der Waals surface area (Å²) in [5, 5.41) is 3.81. The molecule has 5 nitrogen and oxygen atoms in total. The first-order chi connectivity index (χ1) is 6.77. The SMILES string of the molecule is NC(=O)C1=NNc2ccccc2N=C1. The molecule has 70 valence electrons. The molecule has 0 atom stereocenters. The van der Waals surface area contributed by atoms with E-state index in [9.17, 15) is 4.79 Å². The number of primary amides is 1. The van der Waals surface area contributed by atoms with E-state index >= 15 is 0 Å². The molecule has 0 spiro atoms. The van der Waals surface area contributed by atoms with Crippen molar-refractivity contribution >= 4 is 29.2 Å². The van der Waals surface area contributed by atoms with Gasteiger partial charge in [-0.05, 0) is 12.1 Å². The monoisotopic (exact) mass is 188 g/mol. The Kier molecular flexibility index (Phi) is 1.98. The highest BCUT2D eigenvalue weighted by atomic mass is 16.1. The average molecular weight is 188 g/mol. The molecule has 0 saturated heterocycles. The van der Waals surface area contributed by atoms with E-state index in [-0.39, 0.29) is 5.71 Å². The summed E-state index contributed by atoms with van der Waals surface area (Å²) in [5.74, 6) is -0.603. The summed E-state index contributed by atoms with van der Waals surface area (Å²) in [4.78, 5) is 14.9. The van der Waals surface area contributed by atoms with Gasteiger partial charge in [0.25, 0.3) is 5.91 Å². The molecule has 1 aromatic carbocycles. The molecule has 14 heavy (non-hydrogen) atoms. The van der Waals surface area contributed by atoms with Crippen LogP contribution in [0.2, 0.25) is 0 Å². The number of fused-ring (bicyclic) bond motifs is 1. The molecule has 1 amide bonds. The quantitative estimate of drug-likeness (QED) is 0.678. The van der Waals surface area contributed by atoms with Crippen LogP contribution >= 0.6 is 0 Å². The third kappa shape index (κ3) is 1.47. The Morgan fingerprint density at radius 2 is 2.14 bits per heavy atom. The van der Waals surface area contributed by atoms with Crippen molar-refractivity contribution in [3.8, 4) is 0 Å². The lowest BCUT2D eigenvalue weighted by atomic mass is 10.3. The lowest BCUT2D eigenvalue weighted by Gasteiger charge is -2.00. The highest BCUT2D eigenvalue weighted by Crippen LogP contribution is 2.24. The van der Waals surface area contributed by atoms with Crippen molar-refractivity contribution in [1.82, 2.24) is 0 Å². The Bertz CT molecular complexity index is 436. The van der Waals surface area contributed by atoms with Crippen molar-refractivity contribution in [1.29, 1.82) is 0 Å². The van der Waals surface area contributed by atoms with Crippen LogP contribution in [-0.4, -0.2) is 17.8 Å². The smallest absolute Gasteiger partial charge is 0.270 e. The lowest BCUT2D eigenvalue weighted by molar-refractivity contribution is -0.111. The van der Waals surface area contributed by atoms with Crippen molar-refractivity contribution in [2.75, 3.05) is 5.43 Å². The van der Waals surface area contributed by atoms with Crippen LogP contribution < -0.4 is 11.2 Å². The molecule has 0 fully saturated rings. The number of hydrazone groups is 1. The number of carbonyl (C=O) groups excluding carboxylic acids is 1. The molecule has 3 N–H and O–H groups in total. The zero-order chi connectivity index (χ0) is 9.97. The number of nitrogens with zero attached hydrogens (tertiary/aromatic N) is 2. The second-order valence-corrected chi connectivity index (χ2v) is 2.75. The van der Waals surface area contributed by atoms with Crippen molar-refractivity contribution in [3.05, 3.63) is 24.3 Å². The zero-order valence-corrected chi connectivity index (χ0v) is 7.27. The maximum absolute atomic E-state index is 10.8. The van der Waals surface area contributed by atoms with Gasteiger partial charge >= 0.3 is 0 Å². The van der Waals surface area contributed by atoms with E-state index in [1.165, 1.54) is 6.21 Å². The largest absolute Gasteiger partial charge is 0.364 e. The minimum absolute atomic E-state index is 0.112. The van der Waals surface area contributed by atoms with Gasteiger partial charge in [0.05, 0.1) is 17.6 Å². The number of amides is 1. The van der Waals surface area contributed by atoms with Gasteiger partial charge in [0, 0.05) is 0 Å². The Morgan fingerprint density at radius 1 is 1.36 bits per heavy atom. The molecule has 1 aliphatic rings. The second kappa shape index (κ2) is 3.29. The van der Waals surface area contributed by atoms with E-state index in [0.29, 0.717) is 0 Å². The van der Waals surface area contributed by atoms with Crippen LogP contribution in [0.15, 0.2) is 34.4 Å². The summed E-state index contributed by atoms with van der Waals surface area (Å²) >= 11 is 0. The highest BCUT2D eigenvalue weighted by Gasteiger charge is 2.08. The van der Waals surface area contributed by atoms with Gasteiger partial charge in [-0.25, -0.2) is 0 Å². The summed E-state index contributed by atoms with van der Waals surface area (Å²) in [6, 6.07) is 7.34. The van der Waals surface area contributed by atoms with E-state index in [2.05, 4.69) is 15.5 Å². The van der Waals surface area contributed by atoms with Crippen LogP contribution in [0.4, 0.5) is 11.4 Å². The Morgan fingerprint density at radius 3 is 2.93 bits per heavy atom. The van der Waals surface area contributed by atoms with Gasteiger partial charge in [0.2, 0.25) is 0 Å². The van der Waals surface area contributed by atoms with E-state index < -0.39 is 5.91 Å². The number of nitrogens with one attached hydrogen (secondary N) is 1. The number of carbonyl (C=O) groups is 1. The number of para-hydroxylation sites is 2. The Balaban J connectivity index is 2.41. The van der Waals surface area contributed by atoms with Gasteiger partial charge in [-0.1, -0.05) is 12.1 Å². The maximum Gasteiger partial charge on any atom is 0.270 e. The summed E-state index contributed by atoms with van der Waals surface area (Å²) in [6.45, 7) is 0. The number of aliphatic imine (C=N–C) groups is 1. The fourth-order valence-corrected chi connectivity index (χ4v) is 1.08. The molecule has 1 heterocycles. The summed E-state index contributed by atoms with van der Waals surface area (Å²) < 4.78 is 0. The van der Waals surface area contributed by atoms with Crippen molar-refractivity contribution < 1.29 is 4.79 Å². The third-order valence-corrected chi connectivity index (χ3v) is 1.78. The number of anilines is 1. The summed E-state index contributed by atoms with van der Waals surface area (Å²) in [7, 11) is 0. The highest BCUT2D eigenvalue weighted by molar-refractivity contribution is 6.60. The van der Waals surface area contributed by atoms with Gasteiger partial charge in [-0.15, -0.1) is 0 Å². The molecular weight excluding hydrogens is 180 g/mol.